The number of nitrogens with zero attached hydrogens (tertiary/aromatic N) is 1. The van der Waals surface area contributed by atoms with E-state index in [2.05, 4.69) is 47.1 Å². The Labute approximate surface area is 211 Å². The van der Waals surface area contributed by atoms with E-state index in [9.17, 15) is 9.59 Å². The Morgan fingerprint density at radius 1 is 0.914 bits per heavy atom. The molecule has 0 aliphatic heterocycles. The minimum atomic E-state index is -0.176. The van der Waals surface area contributed by atoms with Crippen LogP contribution in [0.1, 0.15) is 43.4 Å². The number of rotatable bonds is 9. The van der Waals surface area contributed by atoms with Crippen molar-refractivity contribution in [1.29, 1.82) is 0 Å². The van der Waals surface area contributed by atoms with Gasteiger partial charge in [-0.25, -0.2) is 0 Å². The molecule has 0 unspecified atom stereocenters. The van der Waals surface area contributed by atoms with Crippen LogP contribution in [0.2, 0.25) is 0 Å². The number of hydrogen-bond donors (Lipinski definition) is 2. The normalized spacial score (nSPS) is 19.8. The van der Waals surface area contributed by atoms with Crippen molar-refractivity contribution in [3.63, 3.8) is 0 Å². The molecular weight excluding hydrogens is 458 g/mol. The van der Waals surface area contributed by atoms with Gasteiger partial charge in [0.05, 0.1) is 5.54 Å². The van der Waals surface area contributed by atoms with Gasteiger partial charge >= 0.3 is 0 Å². The molecule has 2 amide bonds. The number of benzene rings is 2. The van der Waals surface area contributed by atoms with Crippen molar-refractivity contribution in [1.82, 2.24) is 10.2 Å². The highest BCUT2D eigenvalue weighted by Gasteiger charge is 2.39. The number of ether oxygens (including phenoxy) is 1. The largest absolute Gasteiger partial charge is 0.457 e. The molecule has 35 heavy (non-hydrogen) atoms. The van der Waals surface area contributed by atoms with E-state index < -0.39 is 0 Å². The molecule has 0 bridgehead atoms. The van der Waals surface area contributed by atoms with E-state index in [1.807, 2.05) is 42.5 Å². The van der Waals surface area contributed by atoms with Crippen molar-refractivity contribution in [2.45, 2.75) is 50.1 Å². The zero-order chi connectivity index (χ0) is 24.7. The summed E-state index contributed by atoms with van der Waals surface area (Å²) >= 11 is 1.80. The van der Waals surface area contributed by atoms with Crippen LogP contribution in [0, 0.1) is 0 Å². The highest BCUT2D eigenvalue weighted by atomic mass is 32.1. The first-order chi connectivity index (χ1) is 16.9. The van der Waals surface area contributed by atoms with Gasteiger partial charge in [0.25, 0.3) is 0 Å². The lowest BCUT2D eigenvalue weighted by molar-refractivity contribution is -0.125. The Balaban J connectivity index is 1.19. The molecule has 7 heteroatoms. The fourth-order valence-electron chi connectivity index (χ4n) is 4.68. The smallest absolute Gasteiger partial charge is 0.224 e. The quantitative estimate of drug-likeness (QED) is 0.398. The second-order valence-electron chi connectivity index (χ2n) is 9.23. The molecule has 1 aromatic heterocycles. The molecule has 0 spiro atoms. The minimum Gasteiger partial charge on any atom is -0.457 e. The summed E-state index contributed by atoms with van der Waals surface area (Å²) in [5.74, 6) is 1.21. The van der Waals surface area contributed by atoms with Crippen molar-refractivity contribution >= 4 is 28.8 Å². The van der Waals surface area contributed by atoms with Crippen molar-refractivity contribution in [3.8, 4) is 11.5 Å². The van der Waals surface area contributed by atoms with Crippen LogP contribution in [-0.4, -0.2) is 36.9 Å². The molecule has 1 saturated carbocycles. The van der Waals surface area contributed by atoms with Gasteiger partial charge in [-0.1, -0.05) is 24.3 Å². The molecule has 4 rings (SSSR count). The van der Waals surface area contributed by atoms with Gasteiger partial charge < -0.3 is 15.4 Å². The molecule has 0 radical (unpaired) electrons. The van der Waals surface area contributed by atoms with Crippen molar-refractivity contribution in [2.24, 2.45) is 0 Å². The molecular formula is C28H33N3O3S. The van der Waals surface area contributed by atoms with Gasteiger partial charge in [0.15, 0.2) is 0 Å². The Hall–Kier alpha value is -3.16. The summed E-state index contributed by atoms with van der Waals surface area (Å²) in [4.78, 5) is 28.6. The van der Waals surface area contributed by atoms with Gasteiger partial charge in [0.2, 0.25) is 11.8 Å². The highest BCUT2D eigenvalue weighted by molar-refractivity contribution is 7.10. The maximum Gasteiger partial charge on any atom is 0.224 e. The second kappa shape index (κ2) is 11.5. The third-order valence-electron chi connectivity index (χ3n) is 6.71. The van der Waals surface area contributed by atoms with Gasteiger partial charge in [0, 0.05) is 29.4 Å². The van der Waals surface area contributed by atoms with Crippen LogP contribution < -0.4 is 15.4 Å². The van der Waals surface area contributed by atoms with E-state index >= 15 is 0 Å². The van der Waals surface area contributed by atoms with Crippen LogP contribution in [0.25, 0.3) is 0 Å². The van der Waals surface area contributed by atoms with E-state index in [1.54, 1.807) is 23.5 Å². The first-order valence-corrected chi connectivity index (χ1v) is 13.0. The van der Waals surface area contributed by atoms with Crippen LogP contribution in [0.4, 0.5) is 5.69 Å². The zero-order valence-electron chi connectivity index (χ0n) is 20.3. The number of hydrogen-bond acceptors (Lipinski definition) is 5. The number of nitrogens with one attached hydrogen (secondary N) is 2. The molecule has 2 aromatic carbocycles. The van der Waals surface area contributed by atoms with E-state index in [0.717, 1.165) is 31.4 Å². The van der Waals surface area contributed by atoms with Crippen LogP contribution in [0.5, 0.6) is 11.5 Å². The van der Waals surface area contributed by atoms with E-state index in [0.29, 0.717) is 11.4 Å². The van der Waals surface area contributed by atoms with Crippen molar-refractivity contribution in [2.75, 3.05) is 19.4 Å². The Morgan fingerprint density at radius 3 is 2.20 bits per heavy atom. The second-order valence-corrected chi connectivity index (χ2v) is 10.2. The summed E-state index contributed by atoms with van der Waals surface area (Å²) in [6.45, 7) is 0. The lowest BCUT2D eigenvalue weighted by Gasteiger charge is -2.44. The Kier molecular flexibility index (Phi) is 8.21. The zero-order valence-corrected chi connectivity index (χ0v) is 21.1. The molecule has 1 aliphatic carbocycles. The average molecular weight is 492 g/mol. The summed E-state index contributed by atoms with van der Waals surface area (Å²) in [6.07, 6.45) is 4.22. The lowest BCUT2D eigenvalue weighted by atomic mass is 9.77. The standard InChI is InChI=1S/C28H33N3O3S/c1-31(2)28(25-9-6-20-35-25)18-16-22(17-19-28)30-27(33)15-14-26(32)29-21-10-12-24(13-11-21)34-23-7-4-3-5-8-23/h3-13,20,22H,14-19H2,1-2H3,(H,29,32)(H,30,33). The molecule has 6 nitrogen and oxygen atoms in total. The van der Waals surface area contributed by atoms with Gasteiger partial charge in [-0.05, 0) is 87.6 Å². The molecule has 1 aliphatic rings. The van der Waals surface area contributed by atoms with Gasteiger partial charge in [-0.15, -0.1) is 11.3 Å². The van der Waals surface area contributed by atoms with Crippen LogP contribution in [0.3, 0.4) is 0 Å². The Bertz CT molecular complexity index is 1090. The maximum atomic E-state index is 12.5. The number of amides is 2. The number of carbonyl (C=O) groups is 2. The summed E-state index contributed by atoms with van der Waals surface area (Å²) in [7, 11) is 4.28. The molecule has 184 valence electrons. The molecule has 1 heterocycles. The number of para-hydroxylation sites is 1. The number of thiophene rings is 1. The van der Waals surface area contributed by atoms with Crippen LogP contribution >= 0.6 is 11.3 Å². The first kappa shape index (κ1) is 24.9. The molecule has 2 N–H and O–H groups in total. The lowest BCUT2D eigenvalue weighted by Crippen LogP contribution is -2.48. The average Bonchev–Trinajstić information content (AvgIpc) is 3.41. The molecule has 3 aromatic rings. The Morgan fingerprint density at radius 2 is 1.57 bits per heavy atom. The number of carbonyl (C=O) groups excluding carboxylic acids is 2. The third-order valence-corrected chi connectivity index (χ3v) is 7.77. The first-order valence-electron chi connectivity index (χ1n) is 12.1. The third kappa shape index (κ3) is 6.50. The minimum absolute atomic E-state index is 0.0525. The molecule has 0 saturated heterocycles. The molecule has 0 atom stereocenters. The van der Waals surface area contributed by atoms with Crippen molar-refractivity contribution < 1.29 is 14.3 Å². The van der Waals surface area contributed by atoms with E-state index in [1.165, 1.54) is 4.88 Å². The predicted octanol–water partition coefficient (Wildman–Crippen LogP) is 5.78. The summed E-state index contributed by atoms with van der Waals surface area (Å²) < 4.78 is 5.77. The summed E-state index contributed by atoms with van der Waals surface area (Å²) in [5.41, 5.74) is 0.730. The van der Waals surface area contributed by atoms with Gasteiger partial charge in [-0.2, -0.15) is 0 Å². The monoisotopic (exact) mass is 491 g/mol. The van der Waals surface area contributed by atoms with Gasteiger partial charge in [0.1, 0.15) is 11.5 Å². The van der Waals surface area contributed by atoms with Gasteiger partial charge in [-0.3, -0.25) is 14.5 Å². The fraction of sp³-hybridized carbons (Fsp3) is 0.357. The van der Waals surface area contributed by atoms with Crippen LogP contribution in [-0.2, 0) is 15.1 Å². The topological polar surface area (TPSA) is 70.7 Å². The van der Waals surface area contributed by atoms with E-state index in [-0.39, 0.29) is 36.2 Å². The number of anilines is 1. The van der Waals surface area contributed by atoms with Crippen molar-refractivity contribution in [3.05, 3.63) is 77.0 Å². The maximum absolute atomic E-state index is 12.5. The summed E-state index contributed by atoms with van der Waals surface area (Å²) in [6, 6.07) is 21.2. The highest BCUT2D eigenvalue weighted by Crippen LogP contribution is 2.43. The summed E-state index contributed by atoms with van der Waals surface area (Å²) in [5, 5.41) is 8.12. The predicted molar refractivity (Wildman–Crippen MR) is 141 cm³/mol. The van der Waals surface area contributed by atoms with Crippen LogP contribution in [0.15, 0.2) is 72.1 Å². The molecule has 1 fully saturated rings. The van der Waals surface area contributed by atoms with E-state index in [4.69, 9.17) is 4.74 Å². The SMILES string of the molecule is CN(C)C1(c2cccs2)CCC(NC(=O)CCC(=O)Nc2ccc(Oc3ccccc3)cc2)CC1. The fourth-order valence-corrected chi connectivity index (χ4v) is 5.75.